The molecule has 1 aliphatic rings. The van der Waals surface area contributed by atoms with Crippen molar-refractivity contribution in [1.29, 1.82) is 0 Å². The molecule has 0 aliphatic carbocycles. The van der Waals surface area contributed by atoms with Gasteiger partial charge in [-0.25, -0.2) is 9.59 Å². The summed E-state index contributed by atoms with van der Waals surface area (Å²) in [5, 5.41) is 8.70. The Kier molecular flexibility index (Phi) is 5.49. The maximum Gasteiger partial charge on any atom is 0.364 e. The number of Topliss-reactive ketones (excluding diaryl/α,β-unsaturated/α-hetero) is 1. The highest BCUT2D eigenvalue weighted by atomic mass is 16.5. The summed E-state index contributed by atoms with van der Waals surface area (Å²) < 4.78 is 16.0. The van der Waals surface area contributed by atoms with E-state index in [0.29, 0.717) is 22.3 Å². The van der Waals surface area contributed by atoms with Gasteiger partial charge >= 0.3 is 11.6 Å². The zero-order valence-corrected chi connectivity index (χ0v) is 19.0. The monoisotopic (exact) mass is 468 g/mol. The number of hydrogen-bond acceptors (Lipinski definition) is 8. The van der Waals surface area contributed by atoms with Crippen molar-refractivity contribution in [3.05, 3.63) is 88.8 Å². The number of hydrogen-bond donors (Lipinski definition) is 0. The fourth-order valence-electron chi connectivity index (χ4n) is 3.99. The number of methoxy groups -OCH3 is 1. The first-order valence-electron chi connectivity index (χ1n) is 10.9. The van der Waals surface area contributed by atoms with Crippen LogP contribution in [0.2, 0.25) is 0 Å². The van der Waals surface area contributed by atoms with E-state index < -0.39 is 22.9 Å². The number of benzene rings is 3. The second-order valence-corrected chi connectivity index (χ2v) is 8.19. The molecule has 0 radical (unpaired) electrons. The summed E-state index contributed by atoms with van der Waals surface area (Å²) in [5.74, 6) is -0.306. The third kappa shape index (κ3) is 3.99. The third-order valence-electron chi connectivity index (χ3n) is 6.00. The molecule has 2 heterocycles. The van der Waals surface area contributed by atoms with Gasteiger partial charge in [0.1, 0.15) is 17.1 Å². The molecular weight excluding hydrogens is 448 g/mol. The summed E-state index contributed by atoms with van der Waals surface area (Å²) in [6, 6.07) is 21.3. The molecule has 1 unspecified atom stereocenters. The molecule has 0 N–H and O–H groups in total. The number of esters is 1. The van der Waals surface area contributed by atoms with E-state index in [0.717, 1.165) is 16.9 Å². The third-order valence-corrected chi connectivity index (χ3v) is 6.00. The zero-order valence-electron chi connectivity index (χ0n) is 19.0. The first-order valence-corrected chi connectivity index (χ1v) is 10.9. The number of carbonyl (C=O) groups is 2. The average Bonchev–Trinajstić information content (AvgIpc) is 2.87. The Bertz CT molecular complexity index is 1550. The van der Waals surface area contributed by atoms with E-state index in [4.69, 9.17) is 13.9 Å². The smallest absolute Gasteiger partial charge is 0.364 e. The van der Waals surface area contributed by atoms with E-state index in [-0.39, 0.29) is 12.1 Å². The first kappa shape index (κ1) is 22.2. The van der Waals surface area contributed by atoms with Gasteiger partial charge in [-0.05, 0) is 60.0 Å². The van der Waals surface area contributed by atoms with Gasteiger partial charge in [-0.15, -0.1) is 5.11 Å². The maximum absolute atomic E-state index is 13.0. The van der Waals surface area contributed by atoms with Gasteiger partial charge in [0.05, 0.1) is 7.11 Å². The Morgan fingerprint density at radius 3 is 2.46 bits per heavy atom. The van der Waals surface area contributed by atoms with Crippen LogP contribution < -0.4 is 15.1 Å². The fraction of sp³-hybridized carbons (Fsp3) is 0.148. The highest BCUT2D eigenvalue weighted by Crippen LogP contribution is 2.37. The van der Waals surface area contributed by atoms with Gasteiger partial charge in [0, 0.05) is 11.8 Å². The summed E-state index contributed by atoms with van der Waals surface area (Å²) in [4.78, 5) is 38.0. The van der Waals surface area contributed by atoms with Crippen molar-refractivity contribution in [3.8, 4) is 22.6 Å². The van der Waals surface area contributed by atoms with Crippen molar-refractivity contribution >= 4 is 28.4 Å². The zero-order chi connectivity index (χ0) is 24.6. The van der Waals surface area contributed by atoms with Gasteiger partial charge in [-0.3, -0.25) is 4.79 Å². The molecule has 35 heavy (non-hydrogen) atoms. The number of fused-ring (bicyclic) bond motifs is 2. The van der Waals surface area contributed by atoms with E-state index in [1.54, 1.807) is 37.4 Å². The first-order chi connectivity index (χ1) is 16.9. The lowest BCUT2D eigenvalue weighted by atomic mass is 9.84. The molecule has 3 aromatic carbocycles. The van der Waals surface area contributed by atoms with Crippen LogP contribution in [0.5, 0.6) is 11.5 Å². The summed E-state index contributed by atoms with van der Waals surface area (Å²) in [6.07, 6.45) is -0.0527. The molecule has 5 rings (SSSR count). The summed E-state index contributed by atoms with van der Waals surface area (Å²) in [7, 11) is 1.60. The van der Waals surface area contributed by atoms with E-state index in [9.17, 15) is 14.4 Å². The molecule has 0 spiro atoms. The lowest BCUT2D eigenvalue weighted by Crippen LogP contribution is -2.50. The number of azo groups is 1. The highest BCUT2D eigenvalue weighted by molar-refractivity contribution is 6.09. The van der Waals surface area contributed by atoms with Crippen molar-refractivity contribution in [2.75, 3.05) is 7.11 Å². The van der Waals surface area contributed by atoms with Crippen molar-refractivity contribution < 1.29 is 23.5 Å². The average molecular weight is 468 g/mol. The topological polar surface area (TPSA) is 108 Å². The van der Waals surface area contributed by atoms with Crippen LogP contribution >= 0.6 is 0 Å². The highest BCUT2D eigenvalue weighted by Gasteiger charge is 2.49. The minimum atomic E-state index is -1.91. The molecule has 0 saturated carbocycles. The van der Waals surface area contributed by atoms with Crippen LogP contribution in [0.4, 0.5) is 5.69 Å². The molecule has 1 aromatic heterocycles. The van der Waals surface area contributed by atoms with E-state index in [2.05, 4.69) is 10.2 Å². The minimum Gasteiger partial charge on any atom is -0.497 e. The molecule has 0 fully saturated rings. The van der Waals surface area contributed by atoms with E-state index in [1.165, 1.54) is 13.0 Å². The van der Waals surface area contributed by atoms with Gasteiger partial charge in [0.2, 0.25) is 5.54 Å². The predicted molar refractivity (Wildman–Crippen MR) is 128 cm³/mol. The number of rotatable bonds is 5. The molecule has 1 aliphatic heterocycles. The maximum atomic E-state index is 13.0. The Hall–Kier alpha value is -4.59. The Morgan fingerprint density at radius 2 is 1.71 bits per heavy atom. The number of ether oxygens (including phenoxy) is 2. The molecule has 0 amide bonds. The predicted octanol–water partition coefficient (Wildman–Crippen LogP) is 5.04. The van der Waals surface area contributed by atoms with Gasteiger partial charge < -0.3 is 13.9 Å². The normalized spacial score (nSPS) is 17.3. The minimum absolute atomic E-state index is 0.0527. The van der Waals surface area contributed by atoms with Gasteiger partial charge in [0.25, 0.3) is 0 Å². The van der Waals surface area contributed by atoms with Crippen molar-refractivity contribution in [2.24, 2.45) is 10.2 Å². The summed E-state index contributed by atoms with van der Waals surface area (Å²) in [5.41, 5.74) is 0.0620. The number of carbonyl (C=O) groups excluding carboxylic acids is 2. The van der Waals surface area contributed by atoms with E-state index >= 15 is 0 Å². The molecule has 174 valence electrons. The molecule has 0 bridgehead atoms. The lowest BCUT2D eigenvalue weighted by molar-refractivity contribution is -0.146. The molecule has 4 aromatic rings. The van der Waals surface area contributed by atoms with Crippen molar-refractivity contribution in [2.45, 2.75) is 18.9 Å². The van der Waals surface area contributed by atoms with E-state index in [1.807, 2.05) is 36.4 Å². The van der Waals surface area contributed by atoms with Crippen LogP contribution in [0.15, 0.2) is 92.2 Å². The number of para-hydroxylation sites is 1. The quantitative estimate of drug-likeness (QED) is 0.133. The molecular formula is C27H20N2O6. The molecule has 8 nitrogen and oxygen atoms in total. The van der Waals surface area contributed by atoms with Crippen LogP contribution in [-0.4, -0.2) is 24.4 Å². The van der Waals surface area contributed by atoms with Crippen molar-refractivity contribution in [3.63, 3.8) is 0 Å². The van der Waals surface area contributed by atoms with Crippen molar-refractivity contribution in [1.82, 2.24) is 0 Å². The van der Waals surface area contributed by atoms with Crippen LogP contribution in [0, 0.1) is 0 Å². The Labute approximate surface area is 199 Å². The largest absolute Gasteiger partial charge is 0.497 e. The fourth-order valence-corrected chi connectivity index (χ4v) is 3.99. The Balaban J connectivity index is 1.53. The summed E-state index contributed by atoms with van der Waals surface area (Å²) in [6.45, 7) is 1.25. The van der Waals surface area contributed by atoms with Crippen LogP contribution in [0.3, 0.4) is 0 Å². The van der Waals surface area contributed by atoms with Crippen LogP contribution in [0.1, 0.15) is 12.5 Å². The second-order valence-electron chi connectivity index (χ2n) is 8.19. The molecule has 8 heteroatoms. The summed E-state index contributed by atoms with van der Waals surface area (Å²) >= 11 is 0. The standard InChI is InChI=1S/C27H20N2O6/c1-16(30)27(29-28-22-14-19-5-3-4-6-23(19)34-25(22)31)15-20-13-18(9-12-24(20)35-26(27)32)17-7-10-21(33-2)11-8-17/h3-14H,15H2,1-2H3. The molecule has 0 saturated heterocycles. The van der Waals surface area contributed by atoms with Crippen LogP contribution in [-0.2, 0) is 16.0 Å². The number of nitrogens with zero attached hydrogens (tertiary/aromatic N) is 2. The molecule has 1 atom stereocenters. The van der Waals surface area contributed by atoms with Crippen LogP contribution in [0.25, 0.3) is 22.1 Å². The number of ketones is 1. The van der Waals surface area contributed by atoms with Gasteiger partial charge in [-0.2, -0.15) is 5.11 Å². The SMILES string of the molecule is COc1ccc(-c2ccc3c(c2)CC(N=Nc2cc4ccccc4oc2=O)(C(C)=O)C(=O)O3)cc1. The second kappa shape index (κ2) is 8.64. The van der Waals surface area contributed by atoms with Gasteiger partial charge in [-0.1, -0.05) is 36.4 Å². The lowest BCUT2D eigenvalue weighted by Gasteiger charge is -2.29. The van der Waals surface area contributed by atoms with Gasteiger partial charge in [0.15, 0.2) is 11.5 Å². The Morgan fingerprint density at radius 1 is 0.971 bits per heavy atom.